The van der Waals surface area contributed by atoms with Crippen molar-refractivity contribution < 1.29 is 33.5 Å². The number of aryl methyl sites for hydroxylation is 2. The van der Waals surface area contributed by atoms with E-state index in [0.29, 0.717) is 10.8 Å². The van der Waals surface area contributed by atoms with Crippen molar-refractivity contribution in [2.45, 2.75) is 41.5 Å². The molecule has 1 saturated heterocycles. The third-order valence-electron chi connectivity index (χ3n) is 3.83. The first-order chi connectivity index (χ1) is 19.3. The summed E-state index contributed by atoms with van der Waals surface area (Å²) >= 11 is 0. The van der Waals surface area contributed by atoms with Gasteiger partial charge in [-0.15, -0.1) is 0 Å². The highest BCUT2D eigenvalue weighted by Gasteiger charge is 2.33. The van der Waals surface area contributed by atoms with E-state index in [4.69, 9.17) is 9.47 Å². The van der Waals surface area contributed by atoms with Gasteiger partial charge in [-0.3, -0.25) is 14.4 Å². The van der Waals surface area contributed by atoms with Crippen LogP contribution >= 0.6 is 0 Å². The van der Waals surface area contributed by atoms with Gasteiger partial charge >= 0.3 is 12.2 Å². The first kappa shape index (κ1) is 50.7. The van der Waals surface area contributed by atoms with Crippen molar-refractivity contribution in [3.05, 3.63) is 59.7 Å². The summed E-state index contributed by atoms with van der Waals surface area (Å²) in [6, 6.07) is 14.0. The second-order valence-corrected chi connectivity index (χ2v) is 6.29. The predicted molar refractivity (Wildman–Crippen MR) is 170 cm³/mol. The van der Waals surface area contributed by atoms with Gasteiger partial charge in [0.1, 0.15) is 11.5 Å². The van der Waals surface area contributed by atoms with Gasteiger partial charge in [0.2, 0.25) is 0 Å². The maximum atomic E-state index is 11.4. The van der Waals surface area contributed by atoms with E-state index in [1.165, 1.54) is 42.3 Å². The molecule has 3 rings (SSSR count). The summed E-state index contributed by atoms with van der Waals surface area (Å²) in [5.74, 6) is -0.244. The number of hydroxylamine groups is 2. The van der Waals surface area contributed by atoms with Crippen LogP contribution in [0.15, 0.2) is 48.5 Å². The molecular formula is C28H55N7O7. The van der Waals surface area contributed by atoms with Crippen molar-refractivity contribution in [1.82, 2.24) is 10.4 Å². The first-order valence-electron chi connectivity index (χ1n) is 12.0. The van der Waals surface area contributed by atoms with Gasteiger partial charge in [-0.25, -0.2) is 9.59 Å². The van der Waals surface area contributed by atoms with Crippen LogP contribution in [0.1, 0.15) is 38.8 Å². The van der Waals surface area contributed by atoms with E-state index >= 15 is 0 Å². The van der Waals surface area contributed by atoms with Crippen LogP contribution in [0, 0.1) is 13.8 Å². The molecule has 0 aromatic heterocycles. The van der Waals surface area contributed by atoms with Crippen molar-refractivity contribution in [1.29, 1.82) is 0 Å². The Morgan fingerprint density at radius 3 is 1.26 bits per heavy atom. The quantitative estimate of drug-likeness (QED) is 0.169. The summed E-state index contributed by atoms with van der Waals surface area (Å²) < 4.78 is 9.69. The summed E-state index contributed by atoms with van der Waals surface area (Å²) in [6.07, 6.45) is -1.45. The average molecular weight is 602 g/mol. The van der Waals surface area contributed by atoms with Crippen LogP contribution in [0.4, 0.5) is 9.59 Å². The number of nitrogens with zero attached hydrogens (tertiary/aromatic N) is 1. The molecule has 244 valence electrons. The molecule has 0 aliphatic carbocycles. The Morgan fingerprint density at radius 2 is 0.952 bits per heavy atom. The van der Waals surface area contributed by atoms with E-state index in [9.17, 15) is 19.2 Å². The second-order valence-electron chi connectivity index (χ2n) is 6.29. The van der Waals surface area contributed by atoms with Gasteiger partial charge in [0.05, 0.1) is 0 Å². The number of rotatable bonds is 3. The number of amides is 3. The molecule has 0 radical (unpaired) electrons. The van der Waals surface area contributed by atoms with Gasteiger partial charge in [0.25, 0.3) is 11.8 Å². The van der Waals surface area contributed by atoms with Gasteiger partial charge in [0.15, 0.2) is 0 Å². The minimum Gasteiger partial charge on any atom is -0.410 e. The van der Waals surface area contributed by atoms with Gasteiger partial charge in [-0.05, 0) is 73.4 Å². The minimum absolute atomic E-state index is 0. The summed E-state index contributed by atoms with van der Waals surface area (Å²) in [4.78, 5) is 49.0. The smallest absolute Gasteiger partial charge is 0.410 e. The molecular weight excluding hydrogens is 546 g/mol. The second kappa shape index (κ2) is 34.9. The maximum Gasteiger partial charge on any atom is 0.539 e. The van der Waals surface area contributed by atoms with Gasteiger partial charge in [-0.1, -0.05) is 55.3 Å². The number of carbonyl (C=O) groups excluding carboxylic acids is 4. The fourth-order valence-electron chi connectivity index (χ4n) is 2.22. The molecule has 2 aromatic carbocycles. The van der Waals surface area contributed by atoms with Crippen molar-refractivity contribution in [3.8, 4) is 11.5 Å². The standard InChI is InChI=1S/C12H11NO5.C9H11NO2.5CH5N.2CH4/c1-8-2-4-9(5-3-8)17-12(16)18-13-10(14)6-7-11(13)15;1-7-3-5-8(6-4-7)12-9(11)10-2;5*1-2;;/h2-5H,6-7H2,1H3;3-6H,1-2H3,(H,10,11);5*2H2,1H3;2*1H4. The zero-order valence-corrected chi connectivity index (χ0v) is 24.7. The Morgan fingerprint density at radius 1 is 0.643 bits per heavy atom. The molecule has 2 aromatic rings. The molecule has 11 N–H and O–H groups in total. The third kappa shape index (κ3) is 23.8. The van der Waals surface area contributed by atoms with Crippen LogP contribution in [0.5, 0.6) is 11.5 Å². The van der Waals surface area contributed by atoms with E-state index in [-0.39, 0.29) is 33.4 Å². The average Bonchev–Trinajstić information content (AvgIpc) is 3.33. The van der Waals surface area contributed by atoms with Crippen LogP contribution in [-0.4, -0.2) is 71.4 Å². The predicted octanol–water partition coefficient (Wildman–Crippen LogP) is 2.43. The highest BCUT2D eigenvalue weighted by Crippen LogP contribution is 2.15. The number of imide groups is 1. The molecule has 14 heteroatoms. The topological polar surface area (TPSA) is 241 Å². The van der Waals surface area contributed by atoms with E-state index in [1.807, 2.05) is 26.0 Å². The molecule has 0 spiro atoms. The van der Waals surface area contributed by atoms with Gasteiger partial charge < -0.3 is 43.5 Å². The van der Waals surface area contributed by atoms with E-state index < -0.39 is 24.1 Å². The van der Waals surface area contributed by atoms with Crippen LogP contribution in [-0.2, 0) is 14.4 Å². The lowest BCUT2D eigenvalue weighted by Crippen LogP contribution is -2.33. The number of benzene rings is 2. The summed E-state index contributed by atoms with van der Waals surface area (Å²) in [5, 5.41) is 2.81. The molecule has 42 heavy (non-hydrogen) atoms. The van der Waals surface area contributed by atoms with E-state index in [0.717, 1.165) is 11.1 Å². The molecule has 1 aliphatic rings. The van der Waals surface area contributed by atoms with Crippen molar-refractivity contribution in [3.63, 3.8) is 0 Å². The van der Waals surface area contributed by atoms with Crippen LogP contribution in [0.2, 0.25) is 0 Å². The fraction of sp³-hybridized carbons (Fsp3) is 0.429. The van der Waals surface area contributed by atoms with Crippen LogP contribution in [0.25, 0.3) is 0 Å². The molecule has 14 nitrogen and oxygen atoms in total. The SMILES string of the molecule is C.C.CN.CN.CN.CN.CN.CNC(=O)Oc1ccc(C)cc1.Cc1ccc(OC(=O)ON2C(=O)CCC2=O)cc1. The number of ether oxygens (including phenoxy) is 2. The monoisotopic (exact) mass is 601 g/mol. The molecule has 0 unspecified atom stereocenters. The van der Waals surface area contributed by atoms with Crippen LogP contribution in [0.3, 0.4) is 0 Å². The highest BCUT2D eigenvalue weighted by atomic mass is 16.8. The first-order valence-corrected chi connectivity index (χ1v) is 12.0. The molecule has 0 saturated carbocycles. The fourth-order valence-corrected chi connectivity index (χ4v) is 2.22. The number of carbonyl (C=O) groups is 4. The van der Waals surface area contributed by atoms with E-state index in [2.05, 4.69) is 38.8 Å². The largest absolute Gasteiger partial charge is 0.539 e. The minimum atomic E-state index is -1.11. The Kier molecular flexibility index (Phi) is 42.2. The van der Waals surface area contributed by atoms with Crippen LogP contribution < -0.4 is 43.5 Å². The normalized spacial score (nSPS) is 9.69. The zero-order chi connectivity index (χ0) is 32.1. The van der Waals surface area contributed by atoms with Crippen molar-refractivity contribution >= 4 is 24.1 Å². The zero-order valence-electron chi connectivity index (χ0n) is 24.7. The number of hydrogen-bond acceptors (Lipinski definition) is 12. The molecule has 1 aliphatic heterocycles. The molecule has 0 bridgehead atoms. The highest BCUT2D eigenvalue weighted by molar-refractivity contribution is 6.01. The lowest BCUT2D eigenvalue weighted by atomic mass is 10.2. The number of hydrogen-bond donors (Lipinski definition) is 6. The van der Waals surface area contributed by atoms with Crippen molar-refractivity contribution in [2.24, 2.45) is 28.7 Å². The Labute approximate surface area is 251 Å². The lowest BCUT2D eigenvalue weighted by molar-refractivity contribution is -0.174. The van der Waals surface area contributed by atoms with Crippen molar-refractivity contribution in [2.75, 3.05) is 42.3 Å². The molecule has 1 heterocycles. The summed E-state index contributed by atoms with van der Waals surface area (Å²) in [7, 11) is 9.02. The Hall–Kier alpha value is -4.08. The maximum absolute atomic E-state index is 11.4. The summed E-state index contributed by atoms with van der Waals surface area (Å²) in [5.41, 5.74) is 24.7. The Bertz CT molecular complexity index is 911. The summed E-state index contributed by atoms with van der Waals surface area (Å²) in [6.45, 7) is 3.87. The van der Waals surface area contributed by atoms with Gasteiger partial charge in [0, 0.05) is 19.9 Å². The number of nitrogens with one attached hydrogen (secondary N) is 1. The molecule has 1 fully saturated rings. The lowest BCUT2D eigenvalue weighted by Gasteiger charge is -2.12. The Balaban J connectivity index is -0.000000118. The van der Waals surface area contributed by atoms with E-state index in [1.54, 1.807) is 36.4 Å². The number of nitrogens with two attached hydrogens (primary N) is 5. The third-order valence-corrected chi connectivity index (χ3v) is 3.83. The molecule has 0 atom stereocenters. The van der Waals surface area contributed by atoms with Gasteiger partial charge in [-0.2, -0.15) is 0 Å². The molecule has 3 amide bonds.